The van der Waals surface area contributed by atoms with Crippen molar-refractivity contribution >= 4 is 43.3 Å². The summed E-state index contributed by atoms with van der Waals surface area (Å²) in [6.07, 6.45) is 1.26. The summed E-state index contributed by atoms with van der Waals surface area (Å²) in [7, 11) is -3.39. The largest absolute Gasteiger partial charge is 0.465 e. The SMILES string of the molecule is CCOC(=O)Cn1c(=NC(=O)Cc2ccc(C(C)C)cc2)sc2cc(S(C)(=O)=O)ccc21. The van der Waals surface area contributed by atoms with Gasteiger partial charge in [-0.25, -0.2) is 8.42 Å². The van der Waals surface area contributed by atoms with Gasteiger partial charge in [0, 0.05) is 6.26 Å². The van der Waals surface area contributed by atoms with Crippen LogP contribution in [0.4, 0.5) is 0 Å². The number of benzene rings is 2. The molecule has 1 heterocycles. The Balaban J connectivity index is 2.00. The van der Waals surface area contributed by atoms with Gasteiger partial charge in [0.1, 0.15) is 6.54 Å². The minimum absolute atomic E-state index is 0.124. The molecule has 32 heavy (non-hydrogen) atoms. The predicted molar refractivity (Wildman–Crippen MR) is 124 cm³/mol. The van der Waals surface area contributed by atoms with E-state index in [4.69, 9.17) is 4.74 Å². The van der Waals surface area contributed by atoms with Gasteiger partial charge in [-0.05, 0) is 42.2 Å². The summed E-state index contributed by atoms with van der Waals surface area (Å²) in [5.74, 6) is -0.408. The number of thiazole rings is 1. The minimum atomic E-state index is -3.39. The smallest absolute Gasteiger partial charge is 0.326 e. The molecule has 0 bridgehead atoms. The number of ether oxygens (including phenoxy) is 1. The van der Waals surface area contributed by atoms with Gasteiger partial charge in [0.15, 0.2) is 14.6 Å². The number of hydrogen-bond acceptors (Lipinski definition) is 6. The number of nitrogens with zero attached hydrogens (tertiary/aromatic N) is 2. The van der Waals surface area contributed by atoms with Crippen molar-refractivity contribution in [2.24, 2.45) is 4.99 Å². The molecule has 0 N–H and O–H groups in total. The number of aromatic nitrogens is 1. The maximum absolute atomic E-state index is 12.7. The summed E-state index contributed by atoms with van der Waals surface area (Å²) in [6, 6.07) is 12.5. The monoisotopic (exact) mass is 474 g/mol. The Labute approximate surface area is 191 Å². The van der Waals surface area contributed by atoms with E-state index in [0.717, 1.165) is 23.2 Å². The molecule has 2 aromatic carbocycles. The van der Waals surface area contributed by atoms with Crippen molar-refractivity contribution in [2.75, 3.05) is 12.9 Å². The fraction of sp³-hybridized carbons (Fsp3) is 0.348. The standard InChI is InChI=1S/C23H26N2O5S2/c1-5-30-22(27)14-25-19-11-10-18(32(4,28)29)13-20(19)31-23(25)24-21(26)12-16-6-8-17(9-7-16)15(2)3/h6-11,13,15H,5,12,14H2,1-4H3. The Kier molecular flexibility index (Phi) is 7.30. The van der Waals surface area contributed by atoms with Gasteiger partial charge in [-0.15, -0.1) is 0 Å². The Bertz CT molecular complexity index is 1320. The molecule has 3 aromatic rings. The Morgan fingerprint density at radius 1 is 1.12 bits per heavy atom. The maximum Gasteiger partial charge on any atom is 0.326 e. The molecule has 0 spiro atoms. The third kappa shape index (κ3) is 5.72. The molecule has 0 radical (unpaired) electrons. The summed E-state index contributed by atoms with van der Waals surface area (Å²) in [4.78, 5) is 29.5. The Hall–Kier alpha value is -2.78. The first-order valence-corrected chi connectivity index (χ1v) is 12.9. The fourth-order valence-electron chi connectivity index (χ4n) is 3.20. The second kappa shape index (κ2) is 9.79. The van der Waals surface area contributed by atoms with Gasteiger partial charge < -0.3 is 9.30 Å². The lowest BCUT2D eigenvalue weighted by Crippen LogP contribution is -2.23. The van der Waals surface area contributed by atoms with E-state index in [0.29, 0.717) is 20.9 Å². The highest BCUT2D eigenvalue weighted by Crippen LogP contribution is 2.22. The van der Waals surface area contributed by atoms with Gasteiger partial charge >= 0.3 is 5.97 Å². The molecule has 0 aliphatic rings. The molecule has 0 aliphatic heterocycles. The van der Waals surface area contributed by atoms with E-state index in [1.165, 1.54) is 17.7 Å². The van der Waals surface area contributed by atoms with Crippen LogP contribution in [-0.4, -0.2) is 37.7 Å². The summed E-state index contributed by atoms with van der Waals surface area (Å²) < 4.78 is 31.1. The number of hydrogen-bond donors (Lipinski definition) is 0. The second-order valence-corrected chi connectivity index (χ2v) is 10.8. The molecule has 0 saturated heterocycles. The van der Waals surface area contributed by atoms with Crippen LogP contribution in [0.1, 0.15) is 37.8 Å². The highest BCUT2D eigenvalue weighted by atomic mass is 32.2. The van der Waals surface area contributed by atoms with Crippen molar-refractivity contribution in [3.63, 3.8) is 0 Å². The maximum atomic E-state index is 12.7. The first-order chi connectivity index (χ1) is 15.1. The average molecular weight is 475 g/mol. The zero-order chi connectivity index (χ0) is 23.5. The first kappa shape index (κ1) is 23.9. The van der Waals surface area contributed by atoms with Crippen molar-refractivity contribution in [1.29, 1.82) is 0 Å². The van der Waals surface area contributed by atoms with E-state index in [-0.39, 0.29) is 30.4 Å². The van der Waals surface area contributed by atoms with Crippen LogP contribution in [0.5, 0.6) is 0 Å². The lowest BCUT2D eigenvalue weighted by Gasteiger charge is -2.06. The van der Waals surface area contributed by atoms with Crippen molar-refractivity contribution in [3.05, 3.63) is 58.4 Å². The number of fused-ring (bicyclic) bond motifs is 1. The van der Waals surface area contributed by atoms with E-state index in [2.05, 4.69) is 18.8 Å². The van der Waals surface area contributed by atoms with Crippen molar-refractivity contribution in [3.8, 4) is 0 Å². The Morgan fingerprint density at radius 3 is 2.41 bits per heavy atom. The number of esters is 1. The molecule has 1 amide bonds. The zero-order valence-electron chi connectivity index (χ0n) is 18.5. The molecule has 0 fully saturated rings. The van der Waals surface area contributed by atoms with Gasteiger partial charge in [0.05, 0.1) is 28.1 Å². The van der Waals surface area contributed by atoms with Gasteiger partial charge in [0.2, 0.25) is 0 Å². The number of amides is 1. The fourth-order valence-corrected chi connectivity index (χ4v) is 5.01. The van der Waals surface area contributed by atoms with Crippen molar-refractivity contribution in [2.45, 2.75) is 44.6 Å². The molecule has 0 saturated carbocycles. The Morgan fingerprint density at radius 2 is 1.81 bits per heavy atom. The molecule has 170 valence electrons. The first-order valence-electron chi connectivity index (χ1n) is 10.2. The van der Waals surface area contributed by atoms with Crippen LogP contribution in [0.25, 0.3) is 10.2 Å². The van der Waals surface area contributed by atoms with Crippen LogP contribution in [0.15, 0.2) is 52.4 Å². The lowest BCUT2D eigenvalue weighted by atomic mass is 10.0. The molecule has 9 heteroatoms. The van der Waals surface area contributed by atoms with Crippen LogP contribution in [-0.2, 0) is 37.1 Å². The summed E-state index contributed by atoms with van der Waals surface area (Å²) >= 11 is 1.16. The normalized spacial score (nSPS) is 12.5. The third-order valence-corrected chi connectivity index (χ3v) is 7.05. The molecular weight excluding hydrogens is 448 g/mol. The van der Waals surface area contributed by atoms with Gasteiger partial charge in [-0.2, -0.15) is 4.99 Å². The number of carbonyl (C=O) groups excluding carboxylic acids is 2. The second-order valence-electron chi connectivity index (χ2n) is 7.76. The van der Waals surface area contributed by atoms with Crippen LogP contribution in [0, 0.1) is 0 Å². The molecule has 1 aromatic heterocycles. The van der Waals surface area contributed by atoms with E-state index >= 15 is 0 Å². The molecule has 0 aliphatic carbocycles. The molecule has 0 unspecified atom stereocenters. The third-order valence-electron chi connectivity index (χ3n) is 4.90. The van der Waals surface area contributed by atoms with Crippen molar-refractivity contribution in [1.82, 2.24) is 4.57 Å². The molecule has 3 rings (SSSR count). The quantitative estimate of drug-likeness (QED) is 0.489. The molecular formula is C23H26N2O5S2. The molecule has 7 nitrogen and oxygen atoms in total. The number of carbonyl (C=O) groups is 2. The van der Waals surface area contributed by atoms with Gasteiger partial charge in [-0.1, -0.05) is 49.4 Å². The van der Waals surface area contributed by atoms with E-state index in [1.807, 2.05) is 24.3 Å². The van der Waals surface area contributed by atoms with Gasteiger partial charge in [-0.3, -0.25) is 9.59 Å². The average Bonchev–Trinajstić information content (AvgIpc) is 3.04. The van der Waals surface area contributed by atoms with Crippen LogP contribution < -0.4 is 4.80 Å². The predicted octanol–water partition coefficient (Wildman–Crippen LogP) is 3.46. The zero-order valence-corrected chi connectivity index (χ0v) is 20.1. The van der Waals surface area contributed by atoms with Gasteiger partial charge in [0.25, 0.3) is 5.91 Å². The number of sulfone groups is 1. The van der Waals surface area contributed by atoms with Crippen molar-refractivity contribution < 1.29 is 22.7 Å². The molecule has 0 atom stereocenters. The summed E-state index contributed by atoms with van der Waals surface area (Å²) in [6.45, 7) is 6.04. The van der Waals surface area contributed by atoms with E-state index < -0.39 is 15.8 Å². The highest BCUT2D eigenvalue weighted by Gasteiger charge is 2.15. The highest BCUT2D eigenvalue weighted by molar-refractivity contribution is 7.90. The summed E-state index contributed by atoms with van der Waals surface area (Å²) in [5, 5.41) is 0. The van der Waals surface area contributed by atoms with E-state index in [9.17, 15) is 18.0 Å². The van der Waals surface area contributed by atoms with Crippen LogP contribution in [0.3, 0.4) is 0 Å². The lowest BCUT2D eigenvalue weighted by molar-refractivity contribution is -0.143. The minimum Gasteiger partial charge on any atom is -0.465 e. The number of rotatable bonds is 7. The van der Waals surface area contributed by atoms with E-state index in [1.54, 1.807) is 17.6 Å². The topological polar surface area (TPSA) is 94.8 Å². The van der Waals surface area contributed by atoms with Crippen LogP contribution >= 0.6 is 11.3 Å². The summed E-state index contributed by atoms with van der Waals surface area (Å²) in [5.41, 5.74) is 2.65. The van der Waals surface area contributed by atoms with Crippen LogP contribution in [0.2, 0.25) is 0 Å².